The van der Waals surface area contributed by atoms with Gasteiger partial charge in [-0.25, -0.2) is 15.0 Å². The standard InChI is InChI=1S/C17H16N4/c18-16-12-6-2-4-8-14(12)20-17(21-16)15-10-9-11-5-1-3-7-13(11)19-15/h1,3,5,7,9-10H,2,4,6,8H2,(H2,18,20,21). The third-order valence-corrected chi connectivity index (χ3v) is 4.04. The van der Waals surface area contributed by atoms with Gasteiger partial charge in [0.15, 0.2) is 5.82 Å². The summed E-state index contributed by atoms with van der Waals surface area (Å²) in [6.45, 7) is 0. The summed E-state index contributed by atoms with van der Waals surface area (Å²) in [5, 5.41) is 1.12. The van der Waals surface area contributed by atoms with Crippen LogP contribution in [0.15, 0.2) is 36.4 Å². The van der Waals surface area contributed by atoms with Crippen LogP contribution in [0.1, 0.15) is 24.1 Å². The molecule has 104 valence electrons. The topological polar surface area (TPSA) is 64.7 Å². The summed E-state index contributed by atoms with van der Waals surface area (Å²) in [5.74, 6) is 1.25. The Bertz CT molecular complexity index is 826. The SMILES string of the molecule is Nc1nc(-c2ccc3ccccc3n2)nc2c1CCCC2. The normalized spacial score (nSPS) is 14.1. The van der Waals surface area contributed by atoms with Crippen molar-refractivity contribution < 1.29 is 0 Å². The van der Waals surface area contributed by atoms with E-state index in [2.05, 4.69) is 16.0 Å². The molecule has 21 heavy (non-hydrogen) atoms. The van der Waals surface area contributed by atoms with Gasteiger partial charge in [0, 0.05) is 16.6 Å². The van der Waals surface area contributed by atoms with Crippen LogP contribution in [0.25, 0.3) is 22.4 Å². The van der Waals surface area contributed by atoms with E-state index in [1.807, 2.05) is 30.3 Å². The smallest absolute Gasteiger partial charge is 0.180 e. The monoisotopic (exact) mass is 276 g/mol. The zero-order valence-electron chi connectivity index (χ0n) is 11.7. The van der Waals surface area contributed by atoms with Gasteiger partial charge in [-0.15, -0.1) is 0 Å². The summed E-state index contributed by atoms with van der Waals surface area (Å²) in [6, 6.07) is 12.1. The number of para-hydroxylation sites is 1. The fourth-order valence-corrected chi connectivity index (χ4v) is 2.93. The highest BCUT2D eigenvalue weighted by molar-refractivity contribution is 5.80. The number of benzene rings is 1. The molecule has 0 unspecified atom stereocenters. The van der Waals surface area contributed by atoms with E-state index in [1.54, 1.807) is 0 Å². The molecule has 4 rings (SSSR count). The Balaban J connectivity index is 1.86. The molecule has 0 atom stereocenters. The maximum Gasteiger partial charge on any atom is 0.180 e. The number of aryl methyl sites for hydroxylation is 1. The molecule has 2 N–H and O–H groups in total. The molecule has 0 saturated carbocycles. The average molecular weight is 276 g/mol. The van der Waals surface area contributed by atoms with Crippen LogP contribution in [-0.4, -0.2) is 15.0 Å². The lowest BCUT2D eigenvalue weighted by Gasteiger charge is -2.17. The molecule has 4 nitrogen and oxygen atoms in total. The molecule has 0 saturated heterocycles. The Morgan fingerprint density at radius 1 is 0.857 bits per heavy atom. The molecular weight excluding hydrogens is 260 g/mol. The predicted molar refractivity (Wildman–Crippen MR) is 83.8 cm³/mol. The van der Waals surface area contributed by atoms with Gasteiger partial charge in [-0.3, -0.25) is 0 Å². The van der Waals surface area contributed by atoms with Crippen LogP contribution in [0.5, 0.6) is 0 Å². The molecule has 2 heterocycles. The molecule has 4 heteroatoms. The Labute approximate surface area is 123 Å². The first kappa shape index (κ1) is 12.3. The summed E-state index contributed by atoms with van der Waals surface area (Å²) in [6.07, 6.45) is 4.33. The Morgan fingerprint density at radius 3 is 2.67 bits per heavy atom. The second-order valence-electron chi connectivity index (χ2n) is 5.45. The van der Waals surface area contributed by atoms with Crippen molar-refractivity contribution in [1.29, 1.82) is 0 Å². The second-order valence-corrected chi connectivity index (χ2v) is 5.45. The number of pyridine rings is 1. The quantitative estimate of drug-likeness (QED) is 0.741. The number of hydrogen-bond donors (Lipinski definition) is 1. The summed E-state index contributed by atoms with van der Waals surface area (Å²) >= 11 is 0. The Kier molecular flexibility index (Phi) is 2.81. The molecule has 0 radical (unpaired) electrons. The van der Waals surface area contributed by atoms with Gasteiger partial charge in [0.2, 0.25) is 0 Å². The van der Waals surface area contributed by atoms with Crippen LogP contribution in [-0.2, 0) is 12.8 Å². The van der Waals surface area contributed by atoms with Gasteiger partial charge >= 0.3 is 0 Å². The number of hydrogen-bond acceptors (Lipinski definition) is 4. The predicted octanol–water partition coefficient (Wildman–Crippen LogP) is 3.15. The van der Waals surface area contributed by atoms with Crippen molar-refractivity contribution in [2.45, 2.75) is 25.7 Å². The van der Waals surface area contributed by atoms with E-state index in [0.29, 0.717) is 11.6 Å². The minimum absolute atomic E-state index is 0.615. The second kappa shape index (κ2) is 4.81. The number of anilines is 1. The Morgan fingerprint density at radius 2 is 1.71 bits per heavy atom. The minimum Gasteiger partial charge on any atom is -0.383 e. The first-order valence-corrected chi connectivity index (χ1v) is 7.33. The van der Waals surface area contributed by atoms with E-state index >= 15 is 0 Å². The number of nitrogens with two attached hydrogens (primary N) is 1. The maximum atomic E-state index is 6.11. The largest absolute Gasteiger partial charge is 0.383 e. The van der Waals surface area contributed by atoms with Crippen molar-refractivity contribution in [3.05, 3.63) is 47.7 Å². The van der Waals surface area contributed by atoms with Crippen LogP contribution < -0.4 is 5.73 Å². The maximum absolute atomic E-state index is 6.11. The molecular formula is C17H16N4. The zero-order valence-corrected chi connectivity index (χ0v) is 11.7. The third kappa shape index (κ3) is 2.13. The number of rotatable bonds is 1. The van der Waals surface area contributed by atoms with E-state index in [-0.39, 0.29) is 0 Å². The highest BCUT2D eigenvalue weighted by Gasteiger charge is 2.17. The molecule has 1 aliphatic carbocycles. The van der Waals surface area contributed by atoms with Gasteiger partial charge in [0.1, 0.15) is 11.5 Å². The van der Waals surface area contributed by atoms with E-state index in [4.69, 9.17) is 10.7 Å². The summed E-state index contributed by atoms with van der Waals surface area (Å²) in [5.41, 5.74) is 10.1. The molecule has 0 bridgehead atoms. The van der Waals surface area contributed by atoms with Gasteiger partial charge in [0.25, 0.3) is 0 Å². The minimum atomic E-state index is 0.615. The lowest BCUT2D eigenvalue weighted by molar-refractivity contribution is 0.665. The van der Waals surface area contributed by atoms with Crippen molar-refractivity contribution in [3.8, 4) is 11.5 Å². The molecule has 1 aromatic carbocycles. The number of nitrogens with zero attached hydrogens (tertiary/aromatic N) is 3. The Hall–Kier alpha value is -2.49. The van der Waals surface area contributed by atoms with Crippen molar-refractivity contribution in [3.63, 3.8) is 0 Å². The van der Waals surface area contributed by atoms with Crippen LogP contribution in [0.2, 0.25) is 0 Å². The van der Waals surface area contributed by atoms with Crippen molar-refractivity contribution in [1.82, 2.24) is 15.0 Å². The third-order valence-electron chi connectivity index (χ3n) is 4.04. The molecule has 0 amide bonds. The molecule has 0 fully saturated rings. The zero-order chi connectivity index (χ0) is 14.2. The van der Waals surface area contributed by atoms with Crippen LogP contribution in [0.4, 0.5) is 5.82 Å². The lowest BCUT2D eigenvalue weighted by atomic mass is 9.96. The first-order chi connectivity index (χ1) is 10.3. The van der Waals surface area contributed by atoms with E-state index in [9.17, 15) is 0 Å². The van der Waals surface area contributed by atoms with Gasteiger partial charge in [-0.05, 0) is 37.8 Å². The summed E-state index contributed by atoms with van der Waals surface area (Å²) in [7, 11) is 0. The molecule has 2 aromatic heterocycles. The highest BCUT2D eigenvalue weighted by atomic mass is 15.0. The van der Waals surface area contributed by atoms with Crippen LogP contribution in [0.3, 0.4) is 0 Å². The molecule has 1 aliphatic rings. The number of nitrogen functional groups attached to an aromatic ring is 1. The van der Waals surface area contributed by atoms with Gasteiger partial charge in [-0.2, -0.15) is 0 Å². The van der Waals surface area contributed by atoms with Crippen molar-refractivity contribution in [2.24, 2.45) is 0 Å². The number of aromatic nitrogens is 3. The molecule has 3 aromatic rings. The number of fused-ring (bicyclic) bond motifs is 2. The van der Waals surface area contributed by atoms with Gasteiger partial charge in [0.05, 0.1) is 5.52 Å². The fourth-order valence-electron chi connectivity index (χ4n) is 2.93. The van der Waals surface area contributed by atoms with Gasteiger partial charge in [-0.1, -0.05) is 24.3 Å². The average Bonchev–Trinajstić information content (AvgIpc) is 2.54. The van der Waals surface area contributed by atoms with Gasteiger partial charge < -0.3 is 5.73 Å². The summed E-state index contributed by atoms with van der Waals surface area (Å²) in [4.78, 5) is 13.8. The molecule has 0 aliphatic heterocycles. The van der Waals surface area contributed by atoms with E-state index in [0.717, 1.165) is 40.7 Å². The van der Waals surface area contributed by atoms with E-state index in [1.165, 1.54) is 12.8 Å². The van der Waals surface area contributed by atoms with Crippen molar-refractivity contribution >= 4 is 16.7 Å². The van der Waals surface area contributed by atoms with Crippen molar-refractivity contribution in [2.75, 3.05) is 5.73 Å². The highest BCUT2D eigenvalue weighted by Crippen LogP contribution is 2.26. The fraction of sp³-hybridized carbons (Fsp3) is 0.235. The van der Waals surface area contributed by atoms with Crippen LogP contribution >= 0.6 is 0 Å². The van der Waals surface area contributed by atoms with E-state index < -0.39 is 0 Å². The van der Waals surface area contributed by atoms with Crippen LogP contribution in [0, 0.1) is 0 Å². The first-order valence-electron chi connectivity index (χ1n) is 7.33. The lowest BCUT2D eigenvalue weighted by Crippen LogP contribution is -2.12. The molecule has 0 spiro atoms. The summed E-state index contributed by atoms with van der Waals surface area (Å²) < 4.78 is 0.